The summed E-state index contributed by atoms with van der Waals surface area (Å²) in [6, 6.07) is 16.4. The first kappa shape index (κ1) is 17.5. The van der Waals surface area contributed by atoms with Crippen molar-refractivity contribution in [2.24, 2.45) is 5.92 Å². The SMILES string of the molecule is CN(Cc1cccc2ccccc12)C(=O)C1CCCN(c2ncccn2)C1. The number of rotatable bonds is 4. The first-order chi connectivity index (χ1) is 13.2. The van der Waals surface area contributed by atoms with E-state index in [1.165, 1.54) is 16.3 Å². The zero-order valence-electron chi connectivity index (χ0n) is 15.6. The monoisotopic (exact) mass is 360 g/mol. The standard InChI is InChI=1S/C22H24N4O/c1-25(15-18-9-4-8-17-7-2-3-11-20(17)18)21(27)19-10-5-14-26(16-19)22-23-12-6-13-24-22/h2-4,6-9,11-13,19H,5,10,14-16H2,1H3. The molecule has 4 rings (SSSR count). The second-order valence-electron chi connectivity index (χ2n) is 7.17. The molecule has 27 heavy (non-hydrogen) atoms. The predicted octanol–water partition coefficient (Wildman–Crippen LogP) is 3.50. The van der Waals surface area contributed by atoms with Gasteiger partial charge < -0.3 is 9.80 Å². The molecule has 0 bridgehead atoms. The molecule has 2 aromatic carbocycles. The van der Waals surface area contributed by atoms with Gasteiger partial charge in [0.15, 0.2) is 0 Å². The summed E-state index contributed by atoms with van der Waals surface area (Å²) in [6.45, 7) is 2.21. The fraction of sp³-hybridized carbons (Fsp3) is 0.318. The van der Waals surface area contributed by atoms with E-state index in [1.807, 2.05) is 30.1 Å². The Bertz CT molecular complexity index is 923. The van der Waals surface area contributed by atoms with E-state index in [1.54, 1.807) is 12.4 Å². The summed E-state index contributed by atoms with van der Waals surface area (Å²) in [7, 11) is 1.90. The van der Waals surface area contributed by atoms with Gasteiger partial charge >= 0.3 is 0 Å². The molecule has 1 saturated heterocycles. The van der Waals surface area contributed by atoms with Crippen LogP contribution in [0.2, 0.25) is 0 Å². The first-order valence-electron chi connectivity index (χ1n) is 9.46. The average molecular weight is 360 g/mol. The van der Waals surface area contributed by atoms with Crippen molar-refractivity contribution in [1.82, 2.24) is 14.9 Å². The number of nitrogens with zero attached hydrogens (tertiary/aromatic N) is 4. The summed E-state index contributed by atoms with van der Waals surface area (Å²) in [4.78, 5) is 25.7. The van der Waals surface area contributed by atoms with Crippen LogP contribution >= 0.6 is 0 Å². The smallest absolute Gasteiger partial charge is 0.227 e. The highest BCUT2D eigenvalue weighted by Gasteiger charge is 2.29. The second-order valence-corrected chi connectivity index (χ2v) is 7.17. The number of aromatic nitrogens is 2. The van der Waals surface area contributed by atoms with Crippen LogP contribution in [0.15, 0.2) is 60.9 Å². The Morgan fingerprint density at radius 1 is 1.11 bits per heavy atom. The third kappa shape index (κ3) is 3.77. The van der Waals surface area contributed by atoms with E-state index in [2.05, 4.69) is 45.2 Å². The van der Waals surface area contributed by atoms with Gasteiger partial charge in [0.2, 0.25) is 11.9 Å². The fourth-order valence-corrected chi connectivity index (χ4v) is 3.89. The van der Waals surface area contributed by atoms with Crippen LogP contribution in [0.3, 0.4) is 0 Å². The number of hydrogen-bond acceptors (Lipinski definition) is 4. The Morgan fingerprint density at radius 3 is 2.74 bits per heavy atom. The molecule has 1 aliphatic rings. The lowest BCUT2D eigenvalue weighted by atomic mass is 9.96. The van der Waals surface area contributed by atoms with E-state index >= 15 is 0 Å². The molecule has 0 saturated carbocycles. The van der Waals surface area contributed by atoms with E-state index in [-0.39, 0.29) is 11.8 Å². The Hall–Kier alpha value is -2.95. The fourth-order valence-electron chi connectivity index (χ4n) is 3.89. The summed E-state index contributed by atoms with van der Waals surface area (Å²) >= 11 is 0. The highest BCUT2D eigenvalue weighted by atomic mass is 16.2. The van der Waals surface area contributed by atoms with Gasteiger partial charge in [-0.3, -0.25) is 4.79 Å². The van der Waals surface area contributed by atoms with Crippen molar-refractivity contribution < 1.29 is 4.79 Å². The third-order valence-corrected chi connectivity index (χ3v) is 5.27. The molecule has 1 aromatic heterocycles. The van der Waals surface area contributed by atoms with Crippen molar-refractivity contribution in [3.05, 3.63) is 66.5 Å². The van der Waals surface area contributed by atoms with Crippen LogP contribution in [0.1, 0.15) is 18.4 Å². The Kier molecular flexibility index (Phi) is 5.01. The number of piperidine rings is 1. The highest BCUT2D eigenvalue weighted by Crippen LogP contribution is 2.24. The molecule has 5 heteroatoms. The largest absolute Gasteiger partial charge is 0.341 e. The van der Waals surface area contributed by atoms with Gasteiger partial charge in [0.25, 0.3) is 0 Å². The molecule has 138 valence electrons. The lowest BCUT2D eigenvalue weighted by molar-refractivity contribution is -0.135. The number of carbonyl (C=O) groups is 1. The molecule has 1 aliphatic heterocycles. The molecule has 1 amide bonds. The van der Waals surface area contributed by atoms with Gasteiger partial charge in [-0.1, -0.05) is 42.5 Å². The van der Waals surface area contributed by atoms with Crippen molar-refractivity contribution >= 4 is 22.6 Å². The molecule has 1 fully saturated rings. The summed E-state index contributed by atoms with van der Waals surface area (Å²) in [5.74, 6) is 0.901. The summed E-state index contributed by atoms with van der Waals surface area (Å²) < 4.78 is 0. The molecule has 0 N–H and O–H groups in total. The first-order valence-corrected chi connectivity index (χ1v) is 9.46. The van der Waals surface area contributed by atoms with Gasteiger partial charge in [0.1, 0.15) is 0 Å². The quantitative estimate of drug-likeness (QED) is 0.714. The van der Waals surface area contributed by atoms with Gasteiger partial charge in [-0.2, -0.15) is 0 Å². The number of hydrogen-bond donors (Lipinski definition) is 0. The number of benzene rings is 2. The Balaban J connectivity index is 1.47. The van der Waals surface area contributed by atoms with E-state index in [9.17, 15) is 4.79 Å². The topological polar surface area (TPSA) is 49.3 Å². The van der Waals surface area contributed by atoms with Crippen LogP contribution in [0.4, 0.5) is 5.95 Å². The zero-order valence-corrected chi connectivity index (χ0v) is 15.6. The molecule has 5 nitrogen and oxygen atoms in total. The normalized spacial score (nSPS) is 17.1. The van der Waals surface area contributed by atoms with Crippen molar-refractivity contribution in [1.29, 1.82) is 0 Å². The molecule has 0 aliphatic carbocycles. The molecule has 0 radical (unpaired) electrons. The van der Waals surface area contributed by atoms with Crippen molar-refractivity contribution in [2.75, 3.05) is 25.0 Å². The lowest BCUT2D eigenvalue weighted by Crippen LogP contribution is -2.44. The van der Waals surface area contributed by atoms with Crippen LogP contribution < -0.4 is 4.90 Å². The number of carbonyl (C=O) groups excluding carboxylic acids is 1. The van der Waals surface area contributed by atoms with Gasteiger partial charge in [0, 0.05) is 39.1 Å². The van der Waals surface area contributed by atoms with Crippen molar-refractivity contribution in [2.45, 2.75) is 19.4 Å². The lowest BCUT2D eigenvalue weighted by Gasteiger charge is -2.34. The predicted molar refractivity (Wildman–Crippen MR) is 107 cm³/mol. The molecule has 1 atom stereocenters. The molecule has 3 aromatic rings. The minimum absolute atomic E-state index is 0.0115. The second kappa shape index (κ2) is 7.74. The average Bonchev–Trinajstić information content (AvgIpc) is 2.74. The summed E-state index contributed by atoms with van der Waals surface area (Å²) in [5.41, 5.74) is 1.18. The van der Waals surface area contributed by atoms with E-state index in [0.717, 1.165) is 19.4 Å². The zero-order chi connectivity index (χ0) is 18.6. The Morgan fingerprint density at radius 2 is 1.89 bits per heavy atom. The van der Waals surface area contributed by atoms with Crippen LogP contribution in [0, 0.1) is 5.92 Å². The maximum absolute atomic E-state index is 13.1. The number of fused-ring (bicyclic) bond motifs is 1. The molecular formula is C22H24N4O. The molecule has 0 spiro atoms. The maximum atomic E-state index is 13.1. The van der Waals surface area contributed by atoms with E-state index in [0.29, 0.717) is 19.0 Å². The van der Waals surface area contributed by atoms with Gasteiger partial charge in [0.05, 0.1) is 5.92 Å². The Labute approximate surface area is 159 Å². The molecule has 2 heterocycles. The van der Waals surface area contributed by atoms with Gasteiger partial charge in [-0.25, -0.2) is 9.97 Å². The van der Waals surface area contributed by atoms with Crippen LogP contribution in [-0.2, 0) is 11.3 Å². The van der Waals surface area contributed by atoms with Crippen molar-refractivity contribution in [3.8, 4) is 0 Å². The minimum Gasteiger partial charge on any atom is -0.341 e. The van der Waals surface area contributed by atoms with E-state index < -0.39 is 0 Å². The van der Waals surface area contributed by atoms with Crippen molar-refractivity contribution in [3.63, 3.8) is 0 Å². The maximum Gasteiger partial charge on any atom is 0.227 e. The third-order valence-electron chi connectivity index (χ3n) is 5.27. The van der Waals surface area contributed by atoms with E-state index in [4.69, 9.17) is 0 Å². The number of anilines is 1. The van der Waals surface area contributed by atoms with Crippen LogP contribution in [0.5, 0.6) is 0 Å². The molecule has 1 unspecified atom stereocenters. The minimum atomic E-state index is -0.0115. The van der Waals surface area contributed by atoms with Gasteiger partial charge in [-0.05, 0) is 35.2 Å². The molecular weight excluding hydrogens is 336 g/mol. The van der Waals surface area contributed by atoms with Gasteiger partial charge in [-0.15, -0.1) is 0 Å². The number of amides is 1. The highest BCUT2D eigenvalue weighted by molar-refractivity contribution is 5.86. The van der Waals surface area contributed by atoms with Crippen LogP contribution in [0.25, 0.3) is 10.8 Å². The van der Waals surface area contributed by atoms with Crippen LogP contribution in [-0.4, -0.2) is 40.9 Å². The summed E-state index contributed by atoms with van der Waals surface area (Å²) in [6.07, 6.45) is 5.40. The summed E-state index contributed by atoms with van der Waals surface area (Å²) in [5, 5.41) is 2.42.